The third-order valence-corrected chi connectivity index (χ3v) is 3.08. The third-order valence-electron chi connectivity index (χ3n) is 2.63. The van der Waals surface area contributed by atoms with Crippen molar-refractivity contribution < 1.29 is 0 Å². The van der Waals surface area contributed by atoms with Crippen molar-refractivity contribution in [2.45, 2.75) is 44.6 Å². The molecule has 0 saturated heterocycles. The molecule has 1 rings (SSSR count). The first-order chi connectivity index (χ1) is 6.40. The van der Waals surface area contributed by atoms with Crippen LogP contribution in [0, 0.1) is 6.92 Å². The molecule has 0 atom stereocenters. The molecule has 0 aliphatic rings. The summed E-state index contributed by atoms with van der Waals surface area (Å²) in [6.45, 7) is 7.81. The van der Waals surface area contributed by atoms with Gasteiger partial charge >= 0.3 is 0 Å². The molecule has 0 unspecified atom stereocenters. The molecule has 0 N–H and O–H groups in total. The minimum atomic E-state index is -0.233. The summed E-state index contributed by atoms with van der Waals surface area (Å²) in [5.41, 5.74) is 0.373. The SMILES string of the molecule is CCC(C)(C)n1ncc(S)c(C)c1=O. The van der Waals surface area contributed by atoms with E-state index in [0.717, 1.165) is 6.42 Å². The maximum atomic E-state index is 11.8. The van der Waals surface area contributed by atoms with Gasteiger partial charge in [0.1, 0.15) is 0 Å². The first-order valence-corrected chi connectivity index (χ1v) is 5.13. The largest absolute Gasteiger partial charge is 0.271 e. The lowest BCUT2D eigenvalue weighted by atomic mass is 10.0. The van der Waals surface area contributed by atoms with Gasteiger partial charge < -0.3 is 0 Å². The standard InChI is InChI=1S/C10H16N2OS/c1-5-10(3,4)12-9(13)7(2)8(14)6-11-12/h6,14H,5H2,1-4H3. The van der Waals surface area contributed by atoms with Gasteiger partial charge in [0.15, 0.2) is 0 Å². The summed E-state index contributed by atoms with van der Waals surface area (Å²) in [4.78, 5) is 12.5. The number of hydrogen-bond acceptors (Lipinski definition) is 3. The summed E-state index contributed by atoms with van der Waals surface area (Å²) in [6.07, 6.45) is 2.49. The van der Waals surface area contributed by atoms with Crippen LogP contribution in [0.1, 0.15) is 32.8 Å². The molecule has 78 valence electrons. The Kier molecular flexibility index (Phi) is 3.04. The summed E-state index contributed by atoms with van der Waals surface area (Å²) >= 11 is 4.16. The van der Waals surface area contributed by atoms with Crippen molar-refractivity contribution in [3.63, 3.8) is 0 Å². The van der Waals surface area contributed by atoms with Crippen LogP contribution in [0.15, 0.2) is 15.9 Å². The summed E-state index contributed by atoms with van der Waals surface area (Å²) in [5, 5.41) is 4.11. The molecule has 14 heavy (non-hydrogen) atoms. The van der Waals surface area contributed by atoms with Gasteiger partial charge in [0.25, 0.3) is 5.56 Å². The molecule has 3 nitrogen and oxygen atoms in total. The van der Waals surface area contributed by atoms with Crippen LogP contribution in [0.3, 0.4) is 0 Å². The molecular weight excluding hydrogens is 196 g/mol. The third kappa shape index (κ3) is 1.85. The average Bonchev–Trinajstić information content (AvgIpc) is 2.14. The van der Waals surface area contributed by atoms with Crippen LogP contribution < -0.4 is 5.56 Å². The maximum Gasteiger partial charge on any atom is 0.271 e. The van der Waals surface area contributed by atoms with Crippen molar-refractivity contribution in [2.24, 2.45) is 0 Å². The van der Waals surface area contributed by atoms with Gasteiger partial charge in [-0.05, 0) is 27.2 Å². The van der Waals surface area contributed by atoms with Crippen LogP contribution in [-0.2, 0) is 5.54 Å². The quantitative estimate of drug-likeness (QED) is 0.761. The van der Waals surface area contributed by atoms with E-state index in [0.29, 0.717) is 10.5 Å². The minimum Gasteiger partial charge on any atom is -0.267 e. The molecule has 0 aliphatic heterocycles. The van der Waals surface area contributed by atoms with Gasteiger partial charge in [0, 0.05) is 10.5 Å². The lowest BCUT2D eigenvalue weighted by Gasteiger charge is -2.24. The molecule has 0 fully saturated rings. The molecule has 0 spiro atoms. The fourth-order valence-corrected chi connectivity index (χ4v) is 1.26. The fourth-order valence-electron chi connectivity index (χ4n) is 1.11. The highest BCUT2D eigenvalue weighted by Gasteiger charge is 2.21. The molecule has 0 amide bonds. The van der Waals surface area contributed by atoms with Gasteiger partial charge in [-0.25, -0.2) is 4.68 Å². The van der Waals surface area contributed by atoms with E-state index in [9.17, 15) is 4.79 Å². The Balaban J connectivity index is 3.39. The average molecular weight is 212 g/mol. The lowest BCUT2D eigenvalue weighted by Crippen LogP contribution is -2.38. The van der Waals surface area contributed by atoms with Crippen molar-refractivity contribution in [1.82, 2.24) is 9.78 Å². The lowest BCUT2D eigenvalue weighted by molar-refractivity contribution is 0.290. The minimum absolute atomic E-state index is 0.0515. The molecule has 0 saturated carbocycles. The second-order valence-electron chi connectivity index (χ2n) is 4.04. The second-order valence-corrected chi connectivity index (χ2v) is 4.52. The van der Waals surface area contributed by atoms with E-state index in [4.69, 9.17) is 0 Å². The number of aromatic nitrogens is 2. The van der Waals surface area contributed by atoms with Crippen LogP contribution >= 0.6 is 12.6 Å². The predicted octanol–water partition coefficient (Wildman–Crippen LogP) is 1.99. The first kappa shape index (κ1) is 11.3. The number of rotatable bonds is 2. The van der Waals surface area contributed by atoms with Crippen molar-refractivity contribution in [3.05, 3.63) is 22.1 Å². The summed E-state index contributed by atoms with van der Waals surface area (Å²) in [5.74, 6) is 0. The fraction of sp³-hybridized carbons (Fsp3) is 0.600. The molecule has 4 heteroatoms. The Hall–Kier alpha value is -0.770. The summed E-state index contributed by atoms with van der Waals surface area (Å²) < 4.78 is 1.53. The van der Waals surface area contributed by atoms with Gasteiger partial charge in [0.2, 0.25) is 0 Å². The van der Waals surface area contributed by atoms with Crippen molar-refractivity contribution >= 4 is 12.6 Å². The summed E-state index contributed by atoms with van der Waals surface area (Å²) in [7, 11) is 0. The van der Waals surface area contributed by atoms with E-state index in [1.54, 1.807) is 13.1 Å². The Morgan fingerprint density at radius 3 is 2.64 bits per heavy atom. The molecule has 1 aromatic rings. The van der Waals surface area contributed by atoms with Crippen LogP contribution in [0.25, 0.3) is 0 Å². The zero-order chi connectivity index (χ0) is 10.9. The van der Waals surface area contributed by atoms with E-state index >= 15 is 0 Å². The smallest absolute Gasteiger partial charge is 0.267 e. The maximum absolute atomic E-state index is 11.8. The molecule has 1 aromatic heterocycles. The monoisotopic (exact) mass is 212 g/mol. The molecule has 0 bridgehead atoms. The van der Waals surface area contributed by atoms with Gasteiger partial charge in [-0.2, -0.15) is 5.10 Å². The first-order valence-electron chi connectivity index (χ1n) is 4.68. The van der Waals surface area contributed by atoms with Gasteiger partial charge in [0.05, 0.1) is 11.7 Å². The molecule has 0 aliphatic carbocycles. The van der Waals surface area contributed by atoms with E-state index in [1.165, 1.54) is 4.68 Å². The molecule has 1 heterocycles. The Morgan fingerprint density at radius 1 is 1.57 bits per heavy atom. The van der Waals surface area contributed by atoms with E-state index in [1.807, 2.05) is 20.8 Å². The molecule has 0 radical (unpaired) electrons. The van der Waals surface area contributed by atoms with Crippen LogP contribution in [0.2, 0.25) is 0 Å². The number of thiol groups is 1. The normalized spacial score (nSPS) is 11.8. The zero-order valence-corrected chi connectivity index (χ0v) is 9.93. The van der Waals surface area contributed by atoms with E-state index < -0.39 is 0 Å². The van der Waals surface area contributed by atoms with Crippen molar-refractivity contribution in [1.29, 1.82) is 0 Å². The zero-order valence-electron chi connectivity index (χ0n) is 9.03. The van der Waals surface area contributed by atoms with Crippen molar-refractivity contribution in [3.8, 4) is 0 Å². The van der Waals surface area contributed by atoms with E-state index in [-0.39, 0.29) is 11.1 Å². The van der Waals surface area contributed by atoms with E-state index in [2.05, 4.69) is 17.7 Å². The Morgan fingerprint density at radius 2 is 2.14 bits per heavy atom. The molecule has 0 aromatic carbocycles. The Bertz CT molecular complexity index is 396. The Labute approximate surface area is 89.6 Å². The number of hydrogen-bond donors (Lipinski definition) is 1. The van der Waals surface area contributed by atoms with Gasteiger partial charge in [-0.15, -0.1) is 12.6 Å². The van der Waals surface area contributed by atoms with Crippen LogP contribution in [0.5, 0.6) is 0 Å². The van der Waals surface area contributed by atoms with Crippen molar-refractivity contribution in [2.75, 3.05) is 0 Å². The highest BCUT2D eigenvalue weighted by atomic mass is 32.1. The highest BCUT2D eigenvalue weighted by molar-refractivity contribution is 7.80. The predicted molar refractivity (Wildman–Crippen MR) is 60.1 cm³/mol. The highest BCUT2D eigenvalue weighted by Crippen LogP contribution is 2.16. The van der Waals surface area contributed by atoms with Gasteiger partial charge in [-0.1, -0.05) is 6.92 Å². The topological polar surface area (TPSA) is 34.9 Å². The van der Waals surface area contributed by atoms with Gasteiger partial charge in [-0.3, -0.25) is 4.79 Å². The molecular formula is C10H16N2OS. The number of nitrogens with zero attached hydrogens (tertiary/aromatic N) is 2. The summed E-state index contributed by atoms with van der Waals surface area (Å²) in [6, 6.07) is 0. The second kappa shape index (κ2) is 3.77. The van der Waals surface area contributed by atoms with Crippen LogP contribution in [0.4, 0.5) is 0 Å². The van der Waals surface area contributed by atoms with Crippen LogP contribution in [-0.4, -0.2) is 9.78 Å².